The molecule has 0 saturated heterocycles. The van der Waals surface area contributed by atoms with Crippen molar-refractivity contribution in [1.29, 1.82) is 0 Å². The average molecular weight is 447 g/mol. The zero-order valence-electron chi connectivity index (χ0n) is 18.5. The number of ketones is 1. The smallest absolute Gasteiger partial charge is 0.227 e. The summed E-state index contributed by atoms with van der Waals surface area (Å²) >= 11 is 0. The molecule has 166 valence electrons. The first-order chi connectivity index (χ1) is 16.8. The summed E-state index contributed by atoms with van der Waals surface area (Å²) in [6.45, 7) is 0.263. The zero-order chi connectivity index (χ0) is 23.2. The van der Waals surface area contributed by atoms with E-state index in [2.05, 4.69) is 10.2 Å². The molecule has 2 heterocycles. The van der Waals surface area contributed by atoms with E-state index in [0.29, 0.717) is 5.56 Å². The second-order valence-corrected chi connectivity index (χ2v) is 7.98. The van der Waals surface area contributed by atoms with Crippen LogP contribution < -0.4 is 9.30 Å². The summed E-state index contributed by atoms with van der Waals surface area (Å²) in [7, 11) is 0. The van der Waals surface area contributed by atoms with Crippen LogP contribution in [-0.4, -0.2) is 16.0 Å². The number of benzene rings is 3. The van der Waals surface area contributed by atoms with Gasteiger partial charge in [0.25, 0.3) is 0 Å². The van der Waals surface area contributed by atoms with E-state index in [-0.39, 0.29) is 18.4 Å². The number of H-pyrrole nitrogens is 1. The standard InChI is InChI=1S/C29H24N3O2/c33-28(22-11-4-1-5-12-22)21-32-18-10-15-24(20-32)26-19-27(31-30-26)29(23-13-6-2-7-14-23)34-25-16-8-3-9-17-25/h1-20,29H,21H2,(H,30,31)/q+1. The number of aromatic amines is 1. The minimum atomic E-state index is -0.333. The Morgan fingerprint density at radius 2 is 1.53 bits per heavy atom. The van der Waals surface area contributed by atoms with Gasteiger partial charge in [-0.15, -0.1) is 0 Å². The van der Waals surface area contributed by atoms with Crippen LogP contribution in [0.4, 0.5) is 0 Å². The maximum absolute atomic E-state index is 12.6. The molecule has 0 aliphatic rings. The lowest BCUT2D eigenvalue weighted by Crippen LogP contribution is -2.37. The molecule has 1 N–H and O–H groups in total. The van der Waals surface area contributed by atoms with Crippen LogP contribution in [0.5, 0.6) is 5.75 Å². The molecule has 0 aliphatic heterocycles. The number of nitrogens with one attached hydrogen (secondary N) is 1. The van der Waals surface area contributed by atoms with Crippen LogP contribution in [0.15, 0.2) is 122 Å². The van der Waals surface area contributed by atoms with Gasteiger partial charge in [0.15, 0.2) is 18.5 Å². The second kappa shape index (κ2) is 9.96. The van der Waals surface area contributed by atoms with Crippen LogP contribution in [0.25, 0.3) is 11.3 Å². The van der Waals surface area contributed by atoms with E-state index in [1.807, 2.05) is 126 Å². The Kier molecular flexibility index (Phi) is 6.25. The van der Waals surface area contributed by atoms with E-state index >= 15 is 0 Å². The van der Waals surface area contributed by atoms with Gasteiger partial charge < -0.3 is 4.74 Å². The summed E-state index contributed by atoms with van der Waals surface area (Å²) in [6.07, 6.45) is 3.50. The van der Waals surface area contributed by atoms with Gasteiger partial charge in [-0.1, -0.05) is 78.9 Å². The number of nitrogens with zero attached hydrogens (tertiary/aromatic N) is 2. The highest BCUT2D eigenvalue weighted by Crippen LogP contribution is 2.29. The first-order valence-corrected chi connectivity index (χ1v) is 11.2. The fourth-order valence-corrected chi connectivity index (χ4v) is 3.85. The number of hydrogen-bond donors (Lipinski definition) is 1. The monoisotopic (exact) mass is 446 g/mol. The van der Waals surface area contributed by atoms with Gasteiger partial charge in [-0.25, -0.2) is 0 Å². The van der Waals surface area contributed by atoms with Crippen molar-refractivity contribution in [2.45, 2.75) is 12.6 Å². The molecular weight excluding hydrogens is 422 g/mol. The second-order valence-electron chi connectivity index (χ2n) is 7.98. The summed E-state index contributed by atoms with van der Waals surface area (Å²) < 4.78 is 8.22. The zero-order valence-corrected chi connectivity index (χ0v) is 18.5. The molecule has 1 atom stereocenters. The van der Waals surface area contributed by atoms with Crippen molar-refractivity contribution < 1.29 is 14.1 Å². The molecule has 0 saturated carbocycles. The average Bonchev–Trinajstić information content (AvgIpc) is 3.39. The number of pyridine rings is 1. The van der Waals surface area contributed by atoms with E-state index in [1.165, 1.54) is 0 Å². The van der Waals surface area contributed by atoms with E-state index in [1.54, 1.807) is 0 Å². The number of ether oxygens (including phenoxy) is 1. The lowest BCUT2D eigenvalue weighted by molar-refractivity contribution is -0.682. The van der Waals surface area contributed by atoms with E-state index in [4.69, 9.17) is 4.74 Å². The molecular formula is C29H24N3O2+. The number of Topliss-reactive ketones (excluding diaryl/α,β-unsaturated/α-hetero) is 1. The molecule has 3 aromatic carbocycles. The Hall–Kier alpha value is -4.51. The highest BCUT2D eigenvalue weighted by molar-refractivity contribution is 5.94. The number of aromatic nitrogens is 3. The minimum absolute atomic E-state index is 0.0610. The Bertz CT molecular complexity index is 1370. The third-order valence-corrected chi connectivity index (χ3v) is 5.56. The first-order valence-electron chi connectivity index (χ1n) is 11.2. The quantitative estimate of drug-likeness (QED) is 0.256. The van der Waals surface area contributed by atoms with Crippen molar-refractivity contribution in [2.75, 3.05) is 0 Å². The SMILES string of the molecule is O=C(C[n+]1cccc(-c2cc(C(Oc3ccccc3)c3ccccc3)[nH]n2)c1)c1ccccc1. The largest absolute Gasteiger partial charge is 0.479 e. The van der Waals surface area contributed by atoms with Crippen molar-refractivity contribution >= 4 is 5.78 Å². The van der Waals surface area contributed by atoms with Crippen LogP contribution in [0.2, 0.25) is 0 Å². The molecule has 0 fully saturated rings. The van der Waals surface area contributed by atoms with E-state index in [0.717, 1.165) is 28.3 Å². The highest BCUT2D eigenvalue weighted by atomic mass is 16.5. The molecule has 0 aliphatic carbocycles. The van der Waals surface area contributed by atoms with Crippen molar-refractivity contribution in [1.82, 2.24) is 10.2 Å². The van der Waals surface area contributed by atoms with Gasteiger partial charge in [0.1, 0.15) is 5.75 Å². The number of carbonyl (C=O) groups excluding carboxylic acids is 1. The Morgan fingerprint density at radius 1 is 0.853 bits per heavy atom. The van der Waals surface area contributed by atoms with Crippen molar-refractivity contribution in [2.24, 2.45) is 0 Å². The Balaban J connectivity index is 1.41. The normalized spacial score (nSPS) is 11.6. The van der Waals surface area contributed by atoms with Gasteiger partial charge in [-0.2, -0.15) is 9.67 Å². The lowest BCUT2D eigenvalue weighted by Gasteiger charge is -2.18. The van der Waals surface area contributed by atoms with Crippen LogP contribution in [0.1, 0.15) is 27.7 Å². The first kappa shape index (κ1) is 21.3. The summed E-state index contributed by atoms with van der Waals surface area (Å²) in [5.41, 5.74) is 4.27. The molecule has 0 amide bonds. The van der Waals surface area contributed by atoms with Crippen molar-refractivity contribution in [3.05, 3.63) is 138 Å². The number of hydrogen-bond acceptors (Lipinski definition) is 3. The topological polar surface area (TPSA) is 58.9 Å². The molecule has 34 heavy (non-hydrogen) atoms. The fraction of sp³-hybridized carbons (Fsp3) is 0.0690. The van der Waals surface area contributed by atoms with E-state index < -0.39 is 0 Å². The van der Waals surface area contributed by atoms with Gasteiger partial charge in [0.2, 0.25) is 12.3 Å². The maximum Gasteiger partial charge on any atom is 0.227 e. The third-order valence-electron chi connectivity index (χ3n) is 5.56. The van der Waals surface area contributed by atoms with Crippen LogP contribution in [0, 0.1) is 0 Å². The molecule has 5 aromatic rings. The number of carbonyl (C=O) groups is 1. The van der Waals surface area contributed by atoms with Crippen molar-refractivity contribution in [3.63, 3.8) is 0 Å². The van der Waals surface area contributed by atoms with Crippen LogP contribution in [-0.2, 0) is 6.54 Å². The highest BCUT2D eigenvalue weighted by Gasteiger charge is 2.20. The predicted octanol–water partition coefficient (Wildman–Crippen LogP) is 5.42. The lowest BCUT2D eigenvalue weighted by atomic mass is 10.1. The molecule has 0 spiro atoms. The van der Waals surface area contributed by atoms with Crippen molar-refractivity contribution in [3.8, 4) is 17.0 Å². The molecule has 5 rings (SSSR count). The summed E-state index contributed by atoms with van der Waals surface area (Å²) in [5, 5.41) is 7.71. The van der Waals surface area contributed by atoms with Gasteiger partial charge in [-0.3, -0.25) is 9.89 Å². The molecule has 5 heteroatoms. The minimum Gasteiger partial charge on any atom is -0.479 e. The summed E-state index contributed by atoms with van der Waals surface area (Å²) in [5.74, 6) is 0.843. The summed E-state index contributed by atoms with van der Waals surface area (Å²) in [4.78, 5) is 12.6. The number of para-hydroxylation sites is 1. The molecule has 2 aromatic heterocycles. The van der Waals surface area contributed by atoms with Gasteiger partial charge in [-0.05, 0) is 29.8 Å². The molecule has 5 nitrogen and oxygen atoms in total. The Morgan fingerprint density at radius 3 is 2.26 bits per heavy atom. The molecule has 0 bridgehead atoms. The van der Waals surface area contributed by atoms with Crippen LogP contribution in [0.3, 0.4) is 0 Å². The Labute approximate surface area is 198 Å². The maximum atomic E-state index is 12.6. The van der Waals surface area contributed by atoms with E-state index in [9.17, 15) is 4.79 Å². The van der Waals surface area contributed by atoms with Gasteiger partial charge in [0, 0.05) is 11.6 Å². The molecule has 1 unspecified atom stereocenters. The number of rotatable bonds is 8. The summed E-state index contributed by atoms with van der Waals surface area (Å²) in [6, 6.07) is 35.1. The van der Waals surface area contributed by atoms with Gasteiger partial charge >= 0.3 is 0 Å². The fourth-order valence-electron chi connectivity index (χ4n) is 3.85. The van der Waals surface area contributed by atoms with Gasteiger partial charge in [0.05, 0.1) is 17.0 Å². The predicted molar refractivity (Wildman–Crippen MR) is 130 cm³/mol. The third kappa shape index (κ3) is 4.94. The van der Waals surface area contributed by atoms with Crippen LogP contribution >= 0.6 is 0 Å². The molecule has 0 radical (unpaired) electrons.